The Bertz CT molecular complexity index is 536. The van der Waals surface area contributed by atoms with Gasteiger partial charge in [-0.15, -0.1) is 10.2 Å². The van der Waals surface area contributed by atoms with E-state index in [1.54, 1.807) is 0 Å². The third-order valence-electron chi connectivity index (χ3n) is 2.15. The zero-order chi connectivity index (χ0) is 13.7. The van der Waals surface area contributed by atoms with Gasteiger partial charge in [0.15, 0.2) is 4.34 Å². The highest BCUT2D eigenvalue weighted by atomic mass is 79.9. The van der Waals surface area contributed by atoms with E-state index in [2.05, 4.69) is 26.1 Å². The number of benzene rings is 1. The Labute approximate surface area is 128 Å². The molecule has 0 saturated carbocycles. The van der Waals surface area contributed by atoms with Crippen LogP contribution in [0.2, 0.25) is 0 Å². The van der Waals surface area contributed by atoms with E-state index >= 15 is 0 Å². The number of aliphatic hydroxyl groups is 1. The first-order valence-electron chi connectivity index (χ1n) is 5.63. The Morgan fingerprint density at radius 2 is 2.32 bits per heavy atom. The number of aromatic nitrogens is 2. The fraction of sp³-hybridized carbons (Fsp3) is 0.333. The average molecular weight is 361 g/mol. The summed E-state index contributed by atoms with van der Waals surface area (Å²) in [6.07, 6.45) is -0.534. The minimum atomic E-state index is -0.534. The van der Waals surface area contributed by atoms with Crippen LogP contribution in [-0.4, -0.2) is 33.8 Å². The average Bonchev–Trinajstić information content (AvgIpc) is 2.80. The van der Waals surface area contributed by atoms with Gasteiger partial charge in [-0.25, -0.2) is 0 Å². The number of rotatable bonds is 6. The second kappa shape index (κ2) is 7.23. The highest BCUT2D eigenvalue weighted by Crippen LogP contribution is 2.23. The van der Waals surface area contributed by atoms with E-state index < -0.39 is 6.10 Å². The largest absolute Gasteiger partial charge is 0.491 e. The summed E-state index contributed by atoms with van der Waals surface area (Å²) in [4.78, 5) is 0. The lowest BCUT2D eigenvalue weighted by molar-refractivity contribution is 0.126. The lowest BCUT2D eigenvalue weighted by atomic mass is 10.3. The number of hydrogen-bond donors (Lipinski definition) is 1. The van der Waals surface area contributed by atoms with E-state index in [0.717, 1.165) is 19.6 Å². The SMILES string of the molecule is Cc1nnc(SCC(O)COc2cccc(Br)c2)s1. The fourth-order valence-corrected chi connectivity index (χ4v) is 3.43. The third kappa shape index (κ3) is 5.10. The Morgan fingerprint density at radius 1 is 1.47 bits per heavy atom. The van der Waals surface area contributed by atoms with Crippen molar-refractivity contribution in [3.05, 3.63) is 33.7 Å². The maximum Gasteiger partial charge on any atom is 0.174 e. The van der Waals surface area contributed by atoms with Gasteiger partial charge >= 0.3 is 0 Å². The summed E-state index contributed by atoms with van der Waals surface area (Å²) in [6, 6.07) is 7.55. The normalized spacial score (nSPS) is 12.4. The molecule has 1 atom stereocenters. The van der Waals surface area contributed by atoms with Crippen LogP contribution in [0.5, 0.6) is 5.75 Å². The molecule has 102 valence electrons. The van der Waals surface area contributed by atoms with E-state index in [1.807, 2.05) is 31.2 Å². The Hall–Kier alpha value is -0.630. The van der Waals surface area contributed by atoms with Gasteiger partial charge in [0.25, 0.3) is 0 Å². The summed E-state index contributed by atoms with van der Waals surface area (Å²) in [6.45, 7) is 2.18. The maximum atomic E-state index is 9.85. The summed E-state index contributed by atoms with van der Waals surface area (Å²) < 4.78 is 7.35. The molecular formula is C12H13BrN2O2S2. The van der Waals surface area contributed by atoms with E-state index in [4.69, 9.17) is 4.74 Å². The number of aliphatic hydroxyl groups excluding tert-OH is 1. The molecule has 0 fully saturated rings. The number of nitrogens with zero attached hydrogens (tertiary/aromatic N) is 2. The van der Waals surface area contributed by atoms with Crippen LogP contribution in [0, 0.1) is 6.92 Å². The second-order valence-electron chi connectivity index (χ2n) is 3.82. The van der Waals surface area contributed by atoms with E-state index in [9.17, 15) is 5.11 Å². The van der Waals surface area contributed by atoms with E-state index in [0.29, 0.717) is 5.75 Å². The van der Waals surface area contributed by atoms with Gasteiger partial charge in [-0.1, -0.05) is 45.1 Å². The molecule has 2 aromatic rings. The van der Waals surface area contributed by atoms with Crippen LogP contribution in [0.15, 0.2) is 33.1 Å². The summed E-state index contributed by atoms with van der Waals surface area (Å²) in [7, 11) is 0. The number of hydrogen-bond acceptors (Lipinski definition) is 6. The molecule has 0 amide bonds. The summed E-state index contributed by atoms with van der Waals surface area (Å²) in [5.74, 6) is 1.29. The van der Waals surface area contributed by atoms with Crippen molar-refractivity contribution in [3.8, 4) is 5.75 Å². The first-order chi connectivity index (χ1) is 9.13. The number of ether oxygens (including phenoxy) is 1. The first-order valence-corrected chi connectivity index (χ1v) is 8.22. The monoisotopic (exact) mass is 360 g/mol. The number of halogens is 1. The van der Waals surface area contributed by atoms with Gasteiger partial charge in [0.2, 0.25) is 0 Å². The highest BCUT2D eigenvalue weighted by molar-refractivity contribution is 9.10. The molecule has 1 aromatic carbocycles. The maximum absolute atomic E-state index is 9.85. The quantitative estimate of drug-likeness (QED) is 0.801. The highest BCUT2D eigenvalue weighted by Gasteiger charge is 2.09. The van der Waals surface area contributed by atoms with E-state index in [1.165, 1.54) is 23.1 Å². The van der Waals surface area contributed by atoms with Gasteiger partial charge < -0.3 is 9.84 Å². The molecule has 0 aliphatic heterocycles. The molecule has 1 aromatic heterocycles. The van der Waals surface area contributed by atoms with Crippen molar-refractivity contribution >= 4 is 39.0 Å². The van der Waals surface area contributed by atoms with Crippen LogP contribution in [0.4, 0.5) is 0 Å². The minimum absolute atomic E-state index is 0.265. The van der Waals surface area contributed by atoms with E-state index in [-0.39, 0.29) is 6.61 Å². The van der Waals surface area contributed by atoms with Gasteiger partial charge in [-0.2, -0.15) is 0 Å². The standard InChI is InChI=1S/C12H13BrN2O2S2/c1-8-14-15-12(19-8)18-7-10(16)6-17-11-4-2-3-9(13)5-11/h2-5,10,16H,6-7H2,1H3. The van der Waals surface area contributed by atoms with Crippen molar-refractivity contribution in [1.82, 2.24) is 10.2 Å². The lowest BCUT2D eigenvalue weighted by Gasteiger charge is -2.11. The molecule has 0 aliphatic rings. The zero-order valence-electron chi connectivity index (χ0n) is 10.2. The molecule has 0 saturated heterocycles. The topological polar surface area (TPSA) is 55.2 Å². The van der Waals surface area contributed by atoms with Crippen molar-refractivity contribution in [2.45, 2.75) is 17.4 Å². The molecule has 2 rings (SSSR count). The molecule has 1 unspecified atom stereocenters. The van der Waals surface area contributed by atoms with Crippen molar-refractivity contribution < 1.29 is 9.84 Å². The molecule has 1 heterocycles. The molecule has 0 spiro atoms. The van der Waals surface area contributed by atoms with Gasteiger partial charge in [-0.3, -0.25) is 0 Å². The Morgan fingerprint density at radius 3 is 3.00 bits per heavy atom. The van der Waals surface area contributed by atoms with Crippen LogP contribution in [0.3, 0.4) is 0 Å². The molecule has 0 aliphatic carbocycles. The summed E-state index contributed by atoms with van der Waals surface area (Å²) in [5.41, 5.74) is 0. The van der Waals surface area contributed by atoms with Crippen molar-refractivity contribution in [3.63, 3.8) is 0 Å². The van der Waals surface area contributed by atoms with Crippen molar-refractivity contribution in [2.24, 2.45) is 0 Å². The second-order valence-corrected chi connectivity index (χ2v) is 7.18. The van der Waals surface area contributed by atoms with Crippen molar-refractivity contribution in [2.75, 3.05) is 12.4 Å². The van der Waals surface area contributed by atoms with Gasteiger partial charge in [-0.05, 0) is 25.1 Å². The molecule has 0 bridgehead atoms. The van der Waals surface area contributed by atoms with Gasteiger partial charge in [0.05, 0.1) is 6.10 Å². The van der Waals surface area contributed by atoms with Crippen LogP contribution in [0.25, 0.3) is 0 Å². The van der Waals surface area contributed by atoms with Gasteiger partial charge in [0, 0.05) is 10.2 Å². The fourth-order valence-electron chi connectivity index (χ4n) is 1.30. The molecule has 4 nitrogen and oxygen atoms in total. The van der Waals surface area contributed by atoms with Crippen LogP contribution in [-0.2, 0) is 0 Å². The molecule has 7 heteroatoms. The summed E-state index contributed by atoms with van der Waals surface area (Å²) >= 11 is 6.39. The Kier molecular flexibility index (Phi) is 5.62. The molecule has 19 heavy (non-hydrogen) atoms. The predicted molar refractivity (Wildman–Crippen MR) is 81.0 cm³/mol. The zero-order valence-corrected chi connectivity index (χ0v) is 13.5. The molecular weight excluding hydrogens is 348 g/mol. The minimum Gasteiger partial charge on any atom is -0.491 e. The number of aryl methyl sites for hydroxylation is 1. The third-order valence-corrected chi connectivity index (χ3v) is 4.76. The first kappa shape index (κ1) is 14.8. The molecule has 1 N–H and O–H groups in total. The van der Waals surface area contributed by atoms with Crippen LogP contribution >= 0.6 is 39.0 Å². The Balaban J connectivity index is 1.74. The molecule has 0 radical (unpaired) electrons. The predicted octanol–water partition coefficient (Wildman–Crippen LogP) is 3.14. The smallest absolute Gasteiger partial charge is 0.174 e. The van der Waals surface area contributed by atoms with Crippen LogP contribution in [0.1, 0.15) is 5.01 Å². The van der Waals surface area contributed by atoms with Crippen LogP contribution < -0.4 is 4.74 Å². The number of thioether (sulfide) groups is 1. The lowest BCUT2D eigenvalue weighted by Crippen LogP contribution is -2.20. The van der Waals surface area contributed by atoms with Crippen molar-refractivity contribution in [1.29, 1.82) is 0 Å². The summed E-state index contributed by atoms with van der Waals surface area (Å²) in [5, 5.41) is 18.7. The van der Waals surface area contributed by atoms with Gasteiger partial charge in [0.1, 0.15) is 17.4 Å².